The van der Waals surface area contributed by atoms with Crippen LogP contribution in [0, 0.1) is 5.92 Å². The molecule has 4 heteroatoms. The average Bonchev–Trinajstić information content (AvgIpc) is 2.20. The van der Waals surface area contributed by atoms with Crippen LogP contribution >= 0.6 is 15.9 Å². The van der Waals surface area contributed by atoms with Crippen LogP contribution in [0.4, 0.5) is 5.82 Å². The number of nitrogens with two attached hydrogens (primary N) is 1. The van der Waals surface area contributed by atoms with E-state index in [1.54, 1.807) is 6.20 Å². The third-order valence-corrected chi connectivity index (χ3v) is 2.94. The lowest BCUT2D eigenvalue weighted by Crippen LogP contribution is -2.43. The molecule has 0 saturated heterocycles. The molecule has 1 unspecified atom stereocenters. The molecule has 0 aliphatic heterocycles. The van der Waals surface area contributed by atoms with Gasteiger partial charge in [-0.3, -0.25) is 0 Å². The summed E-state index contributed by atoms with van der Waals surface area (Å²) in [4.78, 5) is 4.30. The van der Waals surface area contributed by atoms with Gasteiger partial charge in [0.1, 0.15) is 5.82 Å². The van der Waals surface area contributed by atoms with Crippen molar-refractivity contribution >= 4 is 21.7 Å². The fourth-order valence-electron chi connectivity index (χ4n) is 1.85. The van der Waals surface area contributed by atoms with Gasteiger partial charge in [-0.25, -0.2) is 4.98 Å². The van der Waals surface area contributed by atoms with Crippen LogP contribution in [0.1, 0.15) is 27.2 Å². The summed E-state index contributed by atoms with van der Waals surface area (Å²) < 4.78 is 0.983. The fraction of sp³-hybridized carbons (Fsp3) is 0.583. The van der Waals surface area contributed by atoms with Gasteiger partial charge in [0, 0.05) is 22.8 Å². The van der Waals surface area contributed by atoms with Crippen molar-refractivity contribution in [3.05, 3.63) is 22.8 Å². The molecule has 16 heavy (non-hydrogen) atoms. The first-order valence-electron chi connectivity index (χ1n) is 5.55. The van der Waals surface area contributed by atoms with E-state index in [-0.39, 0.29) is 5.54 Å². The number of pyridine rings is 1. The standard InChI is InChI=1S/C12H20BrN3/c1-9(2)6-12(3,8-14)16-11-5-4-10(13)7-15-11/h4-5,7,9H,6,8,14H2,1-3H3,(H,15,16). The lowest BCUT2D eigenvalue weighted by Gasteiger charge is -2.31. The van der Waals surface area contributed by atoms with E-state index in [2.05, 4.69) is 47.0 Å². The van der Waals surface area contributed by atoms with E-state index >= 15 is 0 Å². The van der Waals surface area contributed by atoms with E-state index in [1.807, 2.05) is 12.1 Å². The van der Waals surface area contributed by atoms with Crippen molar-refractivity contribution in [3.63, 3.8) is 0 Å². The Hall–Kier alpha value is -0.610. The second-order valence-corrected chi connectivity index (χ2v) is 5.77. The first-order chi connectivity index (χ1) is 7.45. The highest BCUT2D eigenvalue weighted by molar-refractivity contribution is 9.10. The smallest absolute Gasteiger partial charge is 0.126 e. The molecule has 0 aliphatic carbocycles. The molecule has 1 atom stereocenters. The van der Waals surface area contributed by atoms with Crippen LogP contribution < -0.4 is 11.1 Å². The summed E-state index contributed by atoms with van der Waals surface area (Å²) in [6, 6.07) is 3.93. The van der Waals surface area contributed by atoms with Crippen molar-refractivity contribution in [2.75, 3.05) is 11.9 Å². The largest absolute Gasteiger partial charge is 0.364 e. The van der Waals surface area contributed by atoms with Gasteiger partial charge < -0.3 is 11.1 Å². The van der Waals surface area contributed by atoms with Crippen molar-refractivity contribution in [2.45, 2.75) is 32.7 Å². The molecule has 3 N–H and O–H groups in total. The van der Waals surface area contributed by atoms with E-state index < -0.39 is 0 Å². The van der Waals surface area contributed by atoms with Gasteiger partial charge in [0.05, 0.1) is 0 Å². The Morgan fingerprint density at radius 2 is 2.19 bits per heavy atom. The molecule has 1 aromatic heterocycles. The summed E-state index contributed by atoms with van der Waals surface area (Å²) in [5, 5.41) is 3.41. The summed E-state index contributed by atoms with van der Waals surface area (Å²) in [6.45, 7) is 7.13. The van der Waals surface area contributed by atoms with Crippen molar-refractivity contribution < 1.29 is 0 Å². The van der Waals surface area contributed by atoms with Crippen molar-refractivity contribution in [2.24, 2.45) is 11.7 Å². The SMILES string of the molecule is CC(C)CC(C)(CN)Nc1ccc(Br)cn1. The molecule has 0 saturated carbocycles. The van der Waals surface area contributed by atoms with Crippen molar-refractivity contribution in [3.8, 4) is 0 Å². The zero-order valence-corrected chi connectivity index (χ0v) is 11.7. The zero-order valence-electron chi connectivity index (χ0n) is 10.1. The lowest BCUT2D eigenvalue weighted by atomic mass is 9.91. The number of hydrogen-bond donors (Lipinski definition) is 2. The topological polar surface area (TPSA) is 50.9 Å². The highest BCUT2D eigenvalue weighted by atomic mass is 79.9. The van der Waals surface area contributed by atoms with Crippen LogP contribution in [0.2, 0.25) is 0 Å². The van der Waals surface area contributed by atoms with E-state index in [4.69, 9.17) is 5.73 Å². The molecule has 0 radical (unpaired) electrons. The summed E-state index contributed by atoms with van der Waals surface area (Å²) in [5.74, 6) is 1.48. The number of rotatable bonds is 5. The minimum atomic E-state index is -0.0883. The van der Waals surface area contributed by atoms with E-state index in [0.29, 0.717) is 12.5 Å². The maximum absolute atomic E-state index is 5.83. The molecule has 0 spiro atoms. The lowest BCUT2D eigenvalue weighted by molar-refractivity contribution is 0.406. The number of aromatic nitrogens is 1. The first-order valence-corrected chi connectivity index (χ1v) is 6.34. The molecule has 0 aromatic carbocycles. The third-order valence-electron chi connectivity index (χ3n) is 2.47. The van der Waals surface area contributed by atoms with Crippen molar-refractivity contribution in [1.29, 1.82) is 0 Å². The minimum Gasteiger partial charge on any atom is -0.364 e. The number of nitrogens with one attached hydrogen (secondary N) is 1. The summed E-state index contributed by atoms with van der Waals surface area (Å²) in [7, 11) is 0. The van der Waals surface area contributed by atoms with Gasteiger partial charge in [-0.15, -0.1) is 0 Å². The molecule has 0 bridgehead atoms. The Labute approximate surface area is 106 Å². The number of anilines is 1. The van der Waals surface area contributed by atoms with E-state index in [9.17, 15) is 0 Å². The predicted octanol–water partition coefficient (Wildman–Crippen LogP) is 3.02. The molecule has 0 aliphatic rings. The summed E-state index contributed by atoms with van der Waals surface area (Å²) in [5.41, 5.74) is 5.75. The molecule has 90 valence electrons. The van der Waals surface area contributed by atoms with Crippen molar-refractivity contribution in [1.82, 2.24) is 4.98 Å². The molecular weight excluding hydrogens is 266 g/mol. The van der Waals surface area contributed by atoms with E-state index in [1.165, 1.54) is 0 Å². The van der Waals surface area contributed by atoms with Gasteiger partial charge in [0.2, 0.25) is 0 Å². The number of hydrogen-bond acceptors (Lipinski definition) is 3. The maximum atomic E-state index is 5.83. The highest BCUT2D eigenvalue weighted by Gasteiger charge is 2.23. The van der Waals surface area contributed by atoms with Gasteiger partial charge in [0.15, 0.2) is 0 Å². The van der Waals surface area contributed by atoms with Gasteiger partial charge in [-0.05, 0) is 47.3 Å². The Bertz CT molecular complexity index is 324. The summed E-state index contributed by atoms with van der Waals surface area (Å²) in [6.07, 6.45) is 2.82. The maximum Gasteiger partial charge on any atom is 0.126 e. The monoisotopic (exact) mass is 285 g/mol. The number of halogens is 1. The molecule has 1 aromatic rings. The van der Waals surface area contributed by atoms with Gasteiger partial charge in [0.25, 0.3) is 0 Å². The highest BCUT2D eigenvalue weighted by Crippen LogP contribution is 2.21. The average molecular weight is 286 g/mol. The van der Waals surface area contributed by atoms with Gasteiger partial charge in [-0.2, -0.15) is 0 Å². The van der Waals surface area contributed by atoms with Crippen LogP contribution in [0.15, 0.2) is 22.8 Å². The predicted molar refractivity (Wildman–Crippen MR) is 72.5 cm³/mol. The normalized spacial score (nSPS) is 14.9. The van der Waals surface area contributed by atoms with Crippen LogP contribution in [0.5, 0.6) is 0 Å². The Balaban J connectivity index is 2.72. The van der Waals surface area contributed by atoms with Crippen LogP contribution in [-0.2, 0) is 0 Å². The second kappa shape index (κ2) is 5.64. The zero-order chi connectivity index (χ0) is 12.2. The molecule has 1 rings (SSSR count). The summed E-state index contributed by atoms with van der Waals surface area (Å²) >= 11 is 3.37. The quantitative estimate of drug-likeness (QED) is 0.874. The van der Waals surface area contributed by atoms with Gasteiger partial charge >= 0.3 is 0 Å². The van der Waals surface area contributed by atoms with Crippen LogP contribution in [0.25, 0.3) is 0 Å². The van der Waals surface area contributed by atoms with Crippen LogP contribution in [0.3, 0.4) is 0 Å². The Kier molecular flexibility index (Phi) is 4.74. The minimum absolute atomic E-state index is 0.0883. The number of nitrogens with zero attached hydrogens (tertiary/aromatic N) is 1. The Morgan fingerprint density at radius 3 is 2.62 bits per heavy atom. The molecule has 0 amide bonds. The molecular formula is C12H20BrN3. The molecule has 0 fully saturated rings. The third kappa shape index (κ3) is 4.10. The second-order valence-electron chi connectivity index (χ2n) is 4.85. The van der Waals surface area contributed by atoms with E-state index in [0.717, 1.165) is 16.7 Å². The molecule has 1 heterocycles. The van der Waals surface area contributed by atoms with Crippen LogP contribution in [-0.4, -0.2) is 17.1 Å². The first kappa shape index (κ1) is 13.5. The Morgan fingerprint density at radius 1 is 1.50 bits per heavy atom. The molecule has 3 nitrogen and oxygen atoms in total. The van der Waals surface area contributed by atoms with Gasteiger partial charge in [-0.1, -0.05) is 13.8 Å². The fourth-order valence-corrected chi connectivity index (χ4v) is 2.08.